The predicted molar refractivity (Wildman–Crippen MR) is 187 cm³/mol. The van der Waals surface area contributed by atoms with Crippen LogP contribution in [0.2, 0.25) is 5.02 Å². The second kappa shape index (κ2) is 12.0. The molecule has 0 saturated heterocycles. The molecule has 5 heterocycles. The van der Waals surface area contributed by atoms with Gasteiger partial charge in [-0.25, -0.2) is 14.2 Å². The summed E-state index contributed by atoms with van der Waals surface area (Å²) in [5.74, 6) is -0.580. The second-order valence-electron chi connectivity index (χ2n) is 12.8. The van der Waals surface area contributed by atoms with Gasteiger partial charge in [0, 0.05) is 46.9 Å². The van der Waals surface area contributed by atoms with Gasteiger partial charge < -0.3 is 19.7 Å². The molecule has 2 aliphatic rings. The van der Waals surface area contributed by atoms with E-state index < -0.39 is 5.97 Å². The fraction of sp³-hybridized carbons (Fsp3) is 0.324. The van der Waals surface area contributed by atoms with E-state index in [4.69, 9.17) is 26.4 Å². The Morgan fingerprint density at radius 3 is 2.75 bits per heavy atom. The number of benzene rings is 3. The van der Waals surface area contributed by atoms with Crippen LogP contribution >= 0.6 is 22.9 Å². The molecule has 0 fully saturated rings. The summed E-state index contributed by atoms with van der Waals surface area (Å²) < 4.78 is 24.5. The van der Waals surface area contributed by atoms with E-state index in [9.17, 15) is 14.3 Å². The molecule has 0 spiro atoms. The number of ether oxygens (including phenoxy) is 1. The lowest BCUT2D eigenvalue weighted by Gasteiger charge is -2.16. The highest BCUT2D eigenvalue weighted by molar-refractivity contribution is 7.11. The van der Waals surface area contributed by atoms with Crippen molar-refractivity contribution in [2.24, 2.45) is 7.05 Å². The van der Waals surface area contributed by atoms with Crippen molar-refractivity contribution in [3.05, 3.63) is 97.1 Å². The van der Waals surface area contributed by atoms with Crippen molar-refractivity contribution >= 4 is 50.6 Å². The molecule has 2 aliphatic heterocycles. The maximum Gasteiger partial charge on any atom is 0.352 e. The Morgan fingerprint density at radius 2 is 1.92 bits per heavy atom. The number of aromatic nitrogens is 4. The minimum atomic E-state index is -0.989. The van der Waals surface area contributed by atoms with Crippen LogP contribution in [0.15, 0.2) is 42.5 Å². The first kappa shape index (κ1) is 31.0. The largest absolute Gasteiger partial charge is 0.493 e. The minimum Gasteiger partial charge on any atom is -0.493 e. The highest BCUT2D eigenvalue weighted by Crippen LogP contribution is 2.45. The Kier molecular flexibility index (Phi) is 7.77. The molecule has 8 nitrogen and oxygen atoms in total. The van der Waals surface area contributed by atoms with Gasteiger partial charge in [0.05, 0.1) is 40.3 Å². The average Bonchev–Trinajstić information content (AvgIpc) is 3.77. The van der Waals surface area contributed by atoms with Crippen molar-refractivity contribution in [2.45, 2.75) is 65.1 Å². The Morgan fingerprint density at radius 1 is 1.08 bits per heavy atom. The molecule has 246 valence electrons. The van der Waals surface area contributed by atoms with Gasteiger partial charge in [0.15, 0.2) is 0 Å². The van der Waals surface area contributed by atoms with Gasteiger partial charge >= 0.3 is 5.97 Å². The van der Waals surface area contributed by atoms with E-state index in [1.54, 1.807) is 35.1 Å². The number of rotatable bonds is 1. The summed E-state index contributed by atoms with van der Waals surface area (Å²) in [5.41, 5.74) is 7.56. The molecule has 8 bridgehead atoms. The number of halogens is 2. The van der Waals surface area contributed by atoms with Gasteiger partial charge in [0.1, 0.15) is 22.3 Å². The Hall–Kier alpha value is -4.25. The van der Waals surface area contributed by atoms with Gasteiger partial charge in [0.25, 0.3) is 0 Å². The second-order valence-corrected chi connectivity index (χ2v) is 14.4. The molecule has 1 unspecified atom stereocenters. The molecule has 0 aliphatic carbocycles. The molecule has 6 aromatic rings. The Balaban J connectivity index is 1.27. The summed E-state index contributed by atoms with van der Waals surface area (Å²) in [7, 11) is 1.80. The molecule has 2 N–H and O–H groups in total. The fourth-order valence-corrected chi connectivity index (χ4v) is 8.97. The van der Waals surface area contributed by atoms with Crippen LogP contribution in [-0.2, 0) is 39.4 Å². The zero-order valence-corrected chi connectivity index (χ0v) is 28.6. The Bertz CT molecular complexity index is 2270. The van der Waals surface area contributed by atoms with Gasteiger partial charge in [-0.3, -0.25) is 4.68 Å². The third-order valence-electron chi connectivity index (χ3n) is 9.83. The lowest BCUT2D eigenvalue weighted by atomic mass is 9.96. The predicted octanol–water partition coefficient (Wildman–Crippen LogP) is 8.10. The first-order valence-corrected chi connectivity index (χ1v) is 17.5. The van der Waals surface area contributed by atoms with Crippen molar-refractivity contribution in [3.8, 4) is 16.9 Å². The van der Waals surface area contributed by atoms with Crippen LogP contribution in [0.5, 0.6) is 5.75 Å². The average molecular weight is 684 g/mol. The van der Waals surface area contributed by atoms with Crippen LogP contribution in [0.25, 0.3) is 32.8 Å². The number of aryl methyl sites for hydroxylation is 7. The lowest BCUT2D eigenvalue weighted by molar-refractivity contribution is 0.0685. The summed E-state index contributed by atoms with van der Waals surface area (Å²) >= 11 is 8.75. The van der Waals surface area contributed by atoms with Gasteiger partial charge in [-0.1, -0.05) is 23.7 Å². The number of carboxylic acid groups (broad SMARTS) is 1. The topological polar surface area (TPSA) is 94.2 Å². The molecule has 0 amide bonds. The maximum atomic E-state index is 14.3. The first-order valence-electron chi connectivity index (χ1n) is 16.3. The minimum absolute atomic E-state index is 0.0292. The van der Waals surface area contributed by atoms with Gasteiger partial charge in [-0.2, -0.15) is 5.10 Å². The van der Waals surface area contributed by atoms with E-state index in [1.807, 2.05) is 25.1 Å². The molecule has 11 heteroatoms. The van der Waals surface area contributed by atoms with Crippen molar-refractivity contribution in [1.29, 1.82) is 0 Å². The van der Waals surface area contributed by atoms with Crippen LogP contribution in [0.4, 0.5) is 4.39 Å². The first-order chi connectivity index (χ1) is 23.2. The number of fused-ring (bicyclic) bond motifs is 7. The smallest absolute Gasteiger partial charge is 0.352 e. The number of thiazole rings is 1. The number of hydrogen-bond donors (Lipinski definition) is 2. The van der Waals surface area contributed by atoms with E-state index in [2.05, 4.69) is 23.0 Å². The Labute approximate surface area is 286 Å². The number of carboxylic acids is 1. The van der Waals surface area contributed by atoms with Gasteiger partial charge in [-0.05, 0) is 92.8 Å². The zero-order valence-electron chi connectivity index (χ0n) is 27.0. The third-order valence-corrected chi connectivity index (χ3v) is 11.4. The van der Waals surface area contributed by atoms with Crippen molar-refractivity contribution < 1.29 is 19.0 Å². The standard InChI is InChI=1S/C37H35ClFN5O3S/c1-19-30-11-6-21-15-22-17-23(39)7-8-24(22)29(16-21)47-14-4-5-25-26-9-10-27(38)33(34(26)43(3)35(25)37(45)46)32-20(2)42-44-13-12-28(36(32)44)40-18-31(41-19)48-30/h7-10,15-17,28,40H,4-6,11-14,18H2,1-3H3,(H,45,46). The SMILES string of the molecule is Cc1nc2sc1CCc1cc(c3ccc(F)cc3c1)OCCCc1c(C(=O)O)n(C)c3c(c(Cl)ccc13)-c1c(C)nn3c1C(CC3)NC2. The molecular weight excluding hydrogens is 649 g/mol. The number of carbonyl (C=O) groups is 1. The number of hydrogen-bond acceptors (Lipinski definition) is 6. The van der Waals surface area contributed by atoms with Crippen LogP contribution in [0.1, 0.15) is 67.5 Å². The van der Waals surface area contributed by atoms with Crippen LogP contribution in [0.3, 0.4) is 0 Å². The number of aromatic carboxylic acids is 1. The summed E-state index contributed by atoms with van der Waals surface area (Å²) in [6.07, 6.45) is 3.54. The van der Waals surface area contributed by atoms with Crippen LogP contribution in [-0.4, -0.2) is 37.0 Å². The van der Waals surface area contributed by atoms with E-state index in [-0.39, 0.29) is 17.6 Å². The monoisotopic (exact) mass is 683 g/mol. The molecule has 1 atom stereocenters. The van der Waals surface area contributed by atoms with Crippen LogP contribution in [0, 0.1) is 19.7 Å². The van der Waals surface area contributed by atoms with E-state index in [0.29, 0.717) is 36.8 Å². The molecule has 3 aromatic carbocycles. The maximum absolute atomic E-state index is 14.3. The highest BCUT2D eigenvalue weighted by atomic mass is 35.5. The molecule has 3 aromatic heterocycles. The quantitative estimate of drug-likeness (QED) is 0.182. The van der Waals surface area contributed by atoms with Gasteiger partial charge in [-0.15, -0.1) is 11.3 Å². The third kappa shape index (κ3) is 5.17. The summed E-state index contributed by atoms with van der Waals surface area (Å²) in [4.78, 5) is 18.9. The van der Waals surface area contributed by atoms with E-state index >= 15 is 0 Å². The van der Waals surface area contributed by atoms with Gasteiger partial charge in [0.2, 0.25) is 0 Å². The van der Waals surface area contributed by atoms with Crippen LogP contribution < -0.4 is 10.1 Å². The van der Waals surface area contributed by atoms with Crippen molar-refractivity contribution in [2.75, 3.05) is 6.61 Å². The molecule has 0 saturated carbocycles. The fourth-order valence-electron chi connectivity index (χ4n) is 7.71. The summed E-state index contributed by atoms with van der Waals surface area (Å²) in [5, 5.41) is 23.2. The lowest BCUT2D eigenvalue weighted by Crippen LogP contribution is -2.19. The van der Waals surface area contributed by atoms with Crippen molar-refractivity contribution in [3.63, 3.8) is 0 Å². The molecular formula is C37H35ClFN5O3S. The summed E-state index contributed by atoms with van der Waals surface area (Å²) in [6.45, 7) is 5.82. The van der Waals surface area contributed by atoms with Crippen molar-refractivity contribution in [1.82, 2.24) is 24.6 Å². The number of nitrogens with one attached hydrogen (secondary N) is 1. The molecule has 8 rings (SSSR count). The van der Waals surface area contributed by atoms with E-state index in [0.717, 1.165) is 91.8 Å². The summed E-state index contributed by atoms with van der Waals surface area (Å²) in [6, 6.07) is 12.7. The molecule has 0 radical (unpaired) electrons. The van der Waals surface area contributed by atoms with E-state index in [1.165, 1.54) is 10.9 Å². The number of nitrogens with zero attached hydrogens (tertiary/aromatic N) is 4. The highest BCUT2D eigenvalue weighted by Gasteiger charge is 2.33. The zero-order chi connectivity index (χ0) is 33.3. The normalized spacial score (nSPS) is 16.6. The molecule has 48 heavy (non-hydrogen) atoms.